The summed E-state index contributed by atoms with van der Waals surface area (Å²) in [6, 6.07) is 0. The van der Waals surface area contributed by atoms with Crippen LogP contribution in [-0.4, -0.2) is 24.4 Å². The zero-order valence-corrected chi connectivity index (χ0v) is 11.4. The fourth-order valence-electron chi connectivity index (χ4n) is 2.27. The Kier molecular flexibility index (Phi) is 7.73. The summed E-state index contributed by atoms with van der Waals surface area (Å²) in [6.45, 7) is 0.946. The lowest BCUT2D eigenvalue weighted by Crippen LogP contribution is -2.21. The molecular weight excluding hydrogens is 216 g/mol. The van der Waals surface area contributed by atoms with Gasteiger partial charge in [-0.15, -0.1) is 0 Å². The third kappa shape index (κ3) is 5.78. The molecule has 0 saturated heterocycles. The number of unbranched alkanes of at least 4 members (excludes halogenated alkanes) is 3. The van der Waals surface area contributed by atoms with Crippen LogP contribution in [0.25, 0.3) is 0 Å². The SMILES string of the molecule is CSCCCCCCN=C(N)C1CCCC1. The van der Waals surface area contributed by atoms with E-state index < -0.39 is 0 Å². The van der Waals surface area contributed by atoms with Gasteiger partial charge in [-0.05, 0) is 37.7 Å². The van der Waals surface area contributed by atoms with Crippen molar-refractivity contribution in [2.75, 3.05) is 18.6 Å². The van der Waals surface area contributed by atoms with Crippen molar-refractivity contribution in [3.63, 3.8) is 0 Å². The minimum absolute atomic E-state index is 0.608. The highest BCUT2D eigenvalue weighted by Crippen LogP contribution is 2.24. The molecule has 1 rings (SSSR count). The lowest BCUT2D eigenvalue weighted by atomic mass is 10.1. The Morgan fingerprint density at radius 2 is 1.88 bits per heavy atom. The Balaban J connectivity index is 1.98. The van der Waals surface area contributed by atoms with Gasteiger partial charge in [0.15, 0.2) is 0 Å². The molecule has 1 saturated carbocycles. The lowest BCUT2D eigenvalue weighted by Gasteiger charge is -2.07. The first-order valence-corrected chi connectivity index (χ1v) is 8.02. The van der Waals surface area contributed by atoms with Gasteiger partial charge in [-0.1, -0.05) is 25.7 Å². The molecule has 0 bridgehead atoms. The topological polar surface area (TPSA) is 38.4 Å². The second-order valence-corrected chi connectivity index (χ2v) is 5.68. The molecule has 1 fully saturated rings. The Morgan fingerprint density at radius 1 is 1.19 bits per heavy atom. The van der Waals surface area contributed by atoms with Gasteiger partial charge in [0, 0.05) is 12.5 Å². The van der Waals surface area contributed by atoms with E-state index in [4.69, 9.17) is 5.73 Å². The Hall–Kier alpha value is -0.180. The van der Waals surface area contributed by atoms with Crippen LogP contribution >= 0.6 is 11.8 Å². The maximum absolute atomic E-state index is 5.99. The Labute approximate surface area is 104 Å². The molecule has 0 aliphatic heterocycles. The zero-order chi connectivity index (χ0) is 11.6. The summed E-state index contributed by atoms with van der Waals surface area (Å²) < 4.78 is 0. The van der Waals surface area contributed by atoms with Crippen LogP contribution in [0.1, 0.15) is 51.4 Å². The number of nitrogens with zero attached hydrogens (tertiary/aromatic N) is 1. The van der Waals surface area contributed by atoms with E-state index >= 15 is 0 Å². The van der Waals surface area contributed by atoms with E-state index in [1.165, 1.54) is 57.1 Å². The number of rotatable bonds is 8. The van der Waals surface area contributed by atoms with Crippen molar-refractivity contribution in [1.82, 2.24) is 0 Å². The van der Waals surface area contributed by atoms with E-state index in [2.05, 4.69) is 11.2 Å². The lowest BCUT2D eigenvalue weighted by molar-refractivity contribution is 0.668. The molecule has 0 spiro atoms. The smallest absolute Gasteiger partial charge is 0.0968 e. The molecular formula is C13H26N2S. The Morgan fingerprint density at radius 3 is 2.56 bits per heavy atom. The molecule has 0 aromatic carbocycles. The average molecular weight is 242 g/mol. The van der Waals surface area contributed by atoms with Crippen LogP contribution in [0.4, 0.5) is 0 Å². The minimum atomic E-state index is 0.608. The second kappa shape index (κ2) is 8.91. The molecule has 0 aromatic rings. The molecule has 3 heteroatoms. The van der Waals surface area contributed by atoms with Gasteiger partial charge in [0.2, 0.25) is 0 Å². The maximum Gasteiger partial charge on any atom is 0.0968 e. The van der Waals surface area contributed by atoms with E-state index in [9.17, 15) is 0 Å². The van der Waals surface area contributed by atoms with Gasteiger partial charge >= 0.3 is 0 Å². The van der Waals surface area contributed by atoms with Gasteiger partial charge in [0.25, 0.3) is 0 Å². The molecule has 1 aliphatic rings. The van der Waals surface area contributed by atoms with Gasteiger partial charge in [-0.3, -0.25) is 4.99 Å². The second-order valence-electron chi connectivity index (χ2n) is 4.69. The van der Waals surface area contributed by atoms with Crippen molar-refractivity contribution >= 4 is 17.6 Å². The summed E-state index contributed by atoms with van der Waals surface area (Å²) in [6.07, 6.45) is 12.6. The van der Waals surface area contributed by atoms with Crippen LogP contribution in [-0.2, 0) is 0 Å². The normalized spacial score (nSPS) is 18.2. The van der Waals surface area contributed by atoms with Gasteiger partial charge in [-0.2, -0.15) is 11.8 Å². The van der Waals surface area contributed by atoms with Crippen molar-refractivity contribution in [1.29, 1.82) is 0 Å². The summed E-state index contributed by atoms with van der Waals surface area (Å²) in [7, 11) is 0. The van der Waals surface area contributed by atoms with E-state index in [1.54, 1.807) is 0 Å². The summed E-state index contributed by atoms with van der Waals surface area (Å²) in [5.41, 5.74) is 5.99. The molecule has 0 radical (unpaired) electrons. The van der Waals surface area contributed by atoms with Gasteiger partial charge in [0.05, 0.1) is 5.84 Å². The summed E-state index contributed by atoms with van der Waals surface area (Å²) >= 11 is 1.94. The Bertz CT molecular complexity index is 198. The highest BCUT2D eigenvalue weighted by Gasteiger charge is 2.17. The standard InChI is InChI=1S/C13H26N2S/c1-16-11-7-3-2-6-10-15-13(14)12-8-4-5-9-12/h12H,2-11H2,1H3,(H2,14,15). The van der Waals surface area contributed by atoms with Gasteiger partial charge in [-0.25, -0.2) is 0 Å². The first-order valence-electron chi connectivity index (χ1n) is 6.63. The molecule has 0 aromatic heterocycles. The third-order valence-electron chi connectivity index (χ3n) is 3.32. The number of amidine groups is 1. The molecule has 2 nitrogen and oxygen atoms in total. The molecule has 1 aliphatic carbocycles. The van der Waals surface area contributed by atoms with Crippen LogP contribution in [0.3, 0.4) is 0 Å². The first kappa shape index (κ1) is 13.9. The van der Waals surface area contributed by atoms with Crippen molar-refractivity contribution in [3.05, 3.63) is 0 Å². The number of nitrogens with two attached hydrogens (primary N) is 1. The average Bonchev–Trinajstić information content (AvgIpc) is 2.81. The molecule has 0 unspecified atom stereocenters. The number of hydrogen-bond acceptors (Lipinski definition) is 2. The largest absolute Gasteiger partial charge is 0.387 e. The monoisotopic (exact) mass is 242 g/mol. The maximum atomic E-state index is 5.99. The van der Waals surface area contributed by atoms with Crippen molar-refractivity contribution < 1.29 is 0 Å². The quantitative estimate of drug-likeness (QED) is 0.402. The van der Waals surface area contributed by atoms with Gasteiger partial charge in [0.1, 0.15) is 0 Å². The van der Waals surface area contributed by atoms with Crippen molar-refractivity contribution in [2.24, 2.45) is 16.6 Å². The summed E-state index contributed by atoms with van der Waals surface area (Å²) in [5.74, 6) is 2.84. The van der Waals surface area contributed by atoms with Gasteiger partial charge < -0.3 is 5.73 Å². The molecule has 0 heterocycles. The fraction of sp³-hybridized carbons (Fsp3) is 0.923. The van der Waals surface area contributed by atoms with E-state index in [1.807, 2.05) is 11.8 Å². The highest BCUT2D eigenvalue weighted by molar-refractivity contribution is 7.98. The summed E-state index contributed by atoms with van der Waals surface area (Å²) in [5, 5.41) is 0. The predicted octanol–water partition coefficient (Wildman–Crippen LogP) is 3.46. The van der Waals surface area contributed by atoms with Crippen LogP contribution in [0.15, 0.2) is 4.99 Å². The van der Waals surface area contributed by atoms with Crippen LogP contribution < -0.4 is 5.73 Å². The van der Waals surface area contributed by atoms with E-state index in [0.717, 1.165) is 12.4 Å². The van der Waals surface area contributed by atoms with Crippen molar-refractivity contribution in [3.8, 4) is 0 Å². The first-order chi connectivity index (χ1) is 7.84. The van der Waals surface area contributed by atoms with Crippen LogP contribution in [0, 0.1) is 5.92 Å². The fourth-order valence-corrected chi connectivity index (χ4v) is 2.76. The summed E-state index contributed by atoms with van der Waals surface area (Å²) in [4.78, 5) is 4.51. The predicted molar refractivity (Wildman–Crippen MR) is 75.3 cm³/mol. The number of hydrogen-bond donors (Lipinski definition) is 1. The number of aliphatic imine (C=N–C) groups is 1. The molecule has 94 valence electrons. The van der Waals surface area contributed by atoms with Crippen LogP contribution in [0.5, 0.6) is 0 Å². The van der Waals surface area contributed by atoms with Crippen LogP contribution in [0.2, 0.25) is 0 Å². The zero-order valence-electron chi connectivity index (χ0n) is 10.6. The minimum Gasteiger partial charge on any atom is -0.387 e. The third-order valence-corrected chi connectivity index (χ3v) is 4.02. The van der Waals surface area contributed by atoms with E-state index in [0.29, 0.717) is 5.92 Å². The molecule has 0 amide bonds. The highest BCUT2D eigenvalue weighted by atomic mass is 32.2. The molecule has 16 heavy (non-hydrogen) atoms. The van der Waals surface area contributed by atoms with Crippen molar-refractivity contribution in [2.45, 2.75) is 51.4 Å². The molecule has 2 N–H and O–H groups in total. The number of thioether (sulfide) groups is 1. The van der Waals surface area contributed by atoms with E-state index in [-0.39, 0.29) is 0 Å². The molecule has 0 atom stereocenters.